The second kappa shape index (κ2) is 10.7. The lowest BCUT2D eigenvalue weighted by Crippen LogP contribution is -2.50. The van der Waals surface area contributed by atoms with Crippen molar-refractivity contribution in [2.75, 3.05) is 32.7 Å². The van der Waals surface area contributed by atoms with Crippen molar-refractivity contribution in [1.29, 1.82) is 0 Å². The second-order valence-corrected chi connectivity index (χ2v) is 9.39. The van der Waals surface area contributed by atoms with E-state index in [-0.39, 0.29) is 23.3 Å². The SMILES string of the molecule is CC(C)CCNC(=O)C1CCN(C2CCN(C(=O)c3cccc(C(F)(F)F)c3)CC2)CC1. The smallest absolute Gasteiger partial charge is 0.356 e. The number of nitrogens with zero attached hydrogens (tertiary/aromatic N) is 2. The highest BCUT2D eigenvalue weighted by molar-refractivity contribution is 5.94. The van der Waals surface area contributed by atoms with Crippen LogP contribution in [0.1, 0.15) is 61.9 Å². The zero-order chi connectivity index (χ0) is 23.3. The standard InChI is InChI=1S/C24H34F3N3O2/c1-17(2)6-11-28-22(31)18-7-12-29(13-8-18)21-9-14-30(15-10-21)23(32)19-4-3-5-20(16-19)24(25,26)27/h3-5,16-18,21H,6-15H2,1-2H3,(H,28,31). The summed E-state index contributed by atoms with van der Waals surface area (Å²) in [6.45, 7) is 7.83. The van der Waals surface area contributed by atoms with Crippen LogP contribution >= 0.6 is 0 Å². The van der Waals surface area contributed by atoms with Gasteiger partial charge in [0.05, 0.1) is 5.56 Å². The number of likely N-dealkylation sites (tertiary alicyclic amines) is 2. The lowest BCUT2D eigenvalue weighted by molar-refractivity contribution is -0.137. The Bertz CT molecular complexity index is 781. The summed E-state index contributed by atoms with van der Waals surface area (Å²) in [6.07, 6.45) is -0.178. The van der Waals surface area contributed by atoms with Gasteiger partial charge in [-0.2, -0.15) is 13.2 Å². The number of carbonyl (C=O) groups excluding carboxylic acids is 2. The summed E-state index contributed by atoms with van der Waals surface area (Å²) in [7, 11) is 0. The Morgan fingerprint density at radius 2 is 1.72 bits per heavy atom. The molecule has 2 aliphatic heterocycles. The van der Waals surface area contributed by atoms with Gasteiger partial charge in [0, 0.05) is 37.2 Å². The van der Waals surface area contributed by atoms with Crippen LogP contribution < -0.4 is 5.32 Å². The predicted molar refractivity (Wildman–Crippen MR) is 117 cm³/mol. The number of piperidine rings is 2. The molecule has 0 saturated carbocycles. The predicted octanol–water partition coefficient (Wildman–Crippen LogP) is 4.18. The van der Waals surface area contributed by atoms with Gasteiger partial charge in [0.15, 0.2) is 0 Å². The lowest BCUT2D eigenvalue weighted by Gasteiger charge is -2.41. The quantitative estimate of drug-likeness (QED) is 0.703. The van der Waals surface area contributed by atoms with E-state index >= 15 is 0 Å². The van der Waals surface area contributed by atoms with Gasteiger partial charge < -0.3 is 15.1 Å². The summed E-state index contributed by atoms with van der Waals surface area (Å²) < 4.78 is 38.8. The number of benzene rings is 1. The Morgan fingerprint density at radius 1 is 1.06 bits per heavy atom. The molecule has 2 fully saturated rings. The summed E-state index contributed by atoms with van der Waals surface area (Å²) in [4.78, 5) is 29.1. The normalized spacial score (nSPS) is 19.4. The Balaban J connectivity index is 1.44. The maximum Gasteiger partial charge on any atom is 0.416 e. The van der Waals surface area contributed by atoms with Gasteiger partial charge in [0.1, 0.15) is 0 Å². The van der Waals surface area contributed by atoms with Crippen molar-refractivity contribution >= 4 is 11.8 Å². The zero-order valence-electron chi connectivity index (χ0n) is 19.0. The molecule has 2 saturated heterocycles. The van der Waals surface area contributed by atoms with Crippen molar-refractivity contribution in [2.45, 2.75) is 58.2 Å². The fraction of sp³-hybridized carbons (Fsp3) is 0.667. The molecule has 1 N–H and O–H groups in total. The average molecular weight is 454 g/mol. The van der Waals surface area contributed by atoms with Gasteiger partial charge in [-0.05, 0) is 69.3 Å². The molecule has 2 amide bonds. The molecule has 0 spiro atoms. The highest BCUT2D eigenvalue weighted by Crippen LogP contribution is 2.30. The van der Waals surface area contributed by atoms with Crippen LogP contribution in [0.15, 0.2) is 24.3 Å². The molecule has 32 heavy (non-hydrogen) atoms. The lowest BCUT2D eigenvalue weighted by atomic mass is 9.92. The number of amides is 2. The number of carbonyl (C=O) groups is 2. The van der Waals surface area contributed by atoms with Crippen LogP contribution in [0.25, 0.3) is 0 Å². The first kappa shape index (κ1) is 24.6. The van der Waals surface area contributed by atoms with E-state index in [1.165, 1.54) is 12.1 Å². The number of hydrogen-bond acceptors (Lipinski definition) is 3. The number of rotatable bonds is 6. The fourth-order valence-electron chi connectivity index (χ4n) is 4.60. The molecular weight excluding hydrogens is 419 g/mol. The summed E-state index contributed by atoms with van der Waals surface area (Å²) >= 11 is 0. The largest absolute Gasteiger partial charge is 0.416 e. The Morgan fingerprint density at radius 3 is 2.31 bits per heavy atom. The highest BCUT2D eigenvalue weighted by atomic mass is 19.4. The Kier molecular flexibility index (Phi) is 8.20. The summed E-state index contributed by atoms with van der Waals surface area (Å²) in [5.41, 5.74) is -0.711. The first-order valence-corrected chi connectivity index (χ1v) is 11.6. The minimum absolute atomic E-state index is 0.0704. The van der Waals surface area contributed by atoms with Gasteiger partial charge in [0.2, 0.25) is 5.91 Å². The average Bonchev–Trinajstić information content (AvgIpc) is 2.78. The van der Waals surface area contributed by atoms with Gasteiger partial charge in [0.25, 0.3) is 5.91 Å². The first-order valence-electron chi connectivity index (χ1n) is 11.6. The molecule has 2 heterocycles. The number of nitrogens with one attached hydrogen (secondary N) is 1. The molecule has 0 radical (unpaired) electrons. The zero-order valence-corrected chi connectivity index (χ0v) is 19.0. The molecule has 178 valence electrons. The number of halogens is 3. The maximum atomic E-state index is 12.9. The number of alkyl halides is 3. The molecule has 2 aliphatic rings. The maximum absolute atomic E-state index is 12.9. The third-order valence-electron chi connectivity index (χ3n) is 6.63. The van der Waals surface area contributed by atoms with E-state index in [0.717, 1.165) is 63.9 Å². The van der Waals surface area contributed by atoms with Crippen LogP contribution in [-0.2, 0) is 11.0 Å². The number of hydrogen-bond donors (Lipinski definition) is 1. The molecule has 1 aromatic rings. The van der Waals surface area contributed by atoms with Crippen LogP contribution in [0.4, 0.5) is 13.2 Å². The molecule has 0 bridgehead atoms. The molecule has 0 aromatic heterocycles. The molecule has 0 unspecified atom stereocenters. The van der Waals surface area contributed by atoms with E-state index in [1.807, 2.05) is 0 Å². The van der Waals surface area contributed by atoms with Crippen molar-refractivity contribution in [2.24, 2.45) is 11.8 Å². The Hall–Kier alpha value is -2.09. The molecule has 0 aliphatic carbocycles. The molecule has 0 atom stereocenters. The van der Waals surface area contributed by atoms with Gasteiger partial charge in [-0.1, -0.05) is 19.9 Å². The van der Waals surface area contributed by atoms with E-state index in [2.05, 4.69) is 24.1 Å². The van der Waals surface area contributed by atoms with Crippen LogP contribution in [0.2, 0.25) is 0 Å². The molecule has 1 aromatic carbocycles. The third kappa shape index (κ3) is 6.47. The molecule has 5 nitrogen and oxygen atoms in total. The summed E-state index contributed by atoms with van der Waals surface area (Å²) in [6, 6.07) is 5.00. The van der Waals surface area contributed by atoms with Gasteiger partial charge in [-0.3, -0.25) is 9.59 Å². The minimum Gasteiger partial charge on any atom is -0.356 e. The second-order valence-electron chi connectivity index (χ2n) is 9.39. The van der Waals surface area contributed by atoms with Gasteiger partial charge in [-0.25, -0.2) is 0 Å². The first-order chi connectivity index (χ1) is 15.1. The van der Waals surface area contributed by atoms with E-state index in [0.29, 0.717) is 25.0 Å². The van der Waals surface area contributed by atoms with Crippen molar-refractivity contribution in [3.63, 3.8) is 0 Å². The minimum atomic E-state index is -4.46. The van der Waals surface area contributed by atoms with Gasteiger partial charge in [-0.15, -0.1) is 0 Å². The van der Waals surface area contributed by atoms with E-state index in [1.54, 1.807) is 4.90 Å². The fourth-order valence-corrected chi connectivity index (χ4v) is 4.60. The summed E-state index contributed by atoms with van der Waals surface area (Å²) in [5.74, 6) is 0.461. The van der Waals surface area contributed by atoms with Crippen molar-refractivity contribution in [1.82, 2.24) is 15.1 Å². The van der Waals surface area contributed by atoms with Crippen molar-refractivity contribution in [3.05, 3.63) is 35.4 Å². The third-order valence-corrected chi connectivity index (χ3v) is 6.63. The van der Waals surface area contributed by atoms with E-state index in [4.69, 9.17) is 0 Å². The van der Waals surface area contributed by atoms with Crippen LogP contribution in [0.5, 0.6) is 0 Å². The van der Waals surface area contributed by atoms with Crippen molar-refractivity contribution in [3.8, 4) is 0 Å². The molecule has 8 heteroatoms. The molecule has 3 rings (SSSR count). The summed E-state index contributed by atoms with van der Waals surface area (Å²) in [5, 5.41) is 3.05. The topological polar surface area (TPSA) is 52.7 Å². The Labute approximate surface area is 188 Å². The highest BCUT2D eigenvalue weighted by Gasteiger charge is 2.33. The van der Waals surface area contributed by atoms with Crippen LogP contribution in [0, 0.1) is 11.8 Å². The van der Waals surface area contributed by atoms with E-state index < -0.39 is 11.7 Å². The monoisotopic (exact) mass is 453 g/mol. The van der Waals surface area contributed by atoms with Crippen LogP contribution in [0.3, 0.4) is 0 Å². The van der Waals surface area contributed by atoms with Gasteiger partial charge >= 0.3 is 6.18 Å². The van der Waals surface area contributed by atoms with Crippen molar-refractivity contribution < 1.29 is 22.8 Å². The van der Waals surface area contributed by atoms with E-state index in [9.17, 15) is 22.8 Å². The van der Waals surface area contributed by atoms with Crippen LogP contribution in [-0.4, -0.2) is 60.4 Å². The molecular formula is C24H34F3N3O2.